The van der Waals surface area contributed by atoms with E-state index in [1.165, 1.54) is 132 Å². The number of fused-ring (bicyclic) bond motifs is 8. The zero-order valence-corrected chi connectivity index (χ0v) is 31.3. The van der Waals surface area contributed by atoms with Crippen molar-refractivity contribution in [2.75, 3.05) is 0 Å². The van der Waals surface area contributed by atoms with Gasteiger partial charge in [0.2, 0.25) is 0 Å². The summed E-state index contributed by atoms with van der Waals surface area (Å²) in [4.78, 5) is 0. The summed E-state index contributed by atoms with van der Waals surface area (Å²) in [6.07, 6.45) is 0. The van der Waals surface area contributed by atoms with Crippen molar-refractivity contribution >= 4 is 32.3 Å². The van der Waals surface area contributed by atoms with Crippen molar-refractivity contribution in [3.8, 4) is 89.0 Å². The van der Waals surface area contributed by atoms with Gasteiger partial charge in [-0.1, -0.05) is 182 Å². The Balaban J connectivity index is 1.28. The molecule has 0 radical (unpaired) electrons. The fourth-order valence-electron chi connectivity index (χ4n) is 10.2. The van der Waals surface area contributed by atoms with Gasteiger partial charge in [0.25, 0.3) is 0 Å². The first-order valence-electron chi connectivity index (χ1n) is 19.7. The molecule has 0 spiro atoms. The van der Waals surface area contributed by atoms with Crippen LogP contribution in [0.3, 0.4) is 0 Å². The summed E-state index contributed by atoms with van der Waals surface area (Å²) in [6, 6.07) is 68.0. The van der Waals surface area contributed by atoms with E-state index in [-0.39, 0.29) is 0 Å². The molecule has 0 aliphatic heterocycles. The SMILES string of the molecule is Cc1cc2c(-c3ccccc3)c3c(c(-c4ccccc4)c2cc1C)-c1ccc2c4c(ccc-3c14)-c1c-2c(-c2ccccc2)c2ccccc2c1-c1ccccc1. The van der Waals surface area contributed by atoms with Crippen molar-refractivity contribution in [1.82, 2.24) is 0 Å². The largest absolute Gasteiger partial charge is 0.0622 e. The third kappa shape index (κ3) is 4.19. The maximum Gasteiger partial charge on any atom is -0.000740 e. The average molecular weight is 709 g/mol. The average Bonchev–Trinajstić information content (AvgIpc) is 3.76. The highest BCUT2D eigenvalue weighted by Gasteiger charge is 2.37. The smallest absolute Gasteiger partial charge is 0.000740 e. The first kappa shape index (κ1) is 31.3. The van der Waals surface area contributed by atoms with E-state index in [9.17, 15) is 0 Å². The van der Waals surface area contributed by atoms with Gasteiger partial charge in [0.15, 0.2) is 0 Å². The molecule has 0 amide bonds. The fourth-order valence-corrected chi connectivity index (χ4v) is 10.2. The van der Waals surface area contributed by atoms with Crippen LogP contribution in [0.1, 0.15) is 11.1 Å². The number of aryl methyl sites for hydroxylation is 2. The van der Waals surface area contributed by atoms with E-state index in [1.807, 2.05) is 0 Å². The molecule has 0 bridgehead atoms. The molecule has 260 valence electrons. The van der Waals surface area contributed by atoms with Gasteiger partial charge in [-0.3, -0.25) is 0 Å². The molecule has 56 heavy (non-hydrogen) atoms. The van der Waals surface area contributed by atoms with Gasteiger partial charge >= 0.3 is 0 Å². The minimum Gasteiger partial charge on any atom is -0.0622 e. The number of benzene rings is 10. The Kier molecular flexibility index (Phi) is 6.57. The van der Waals surface area contributed by atoms with Gasteiger partial charge in [-0.2, -0.15) is 0 Å². The lowest BCUT2D eigenvalue weighted by atomic mass is 9.81. The number of hydrogen-bond acceptors (Lipinski definition) is 0. The van der Waals surface area contributed by atoms with Crippen LogP contribution in [-0.4, -0.2) is 0 Å². The van der Waals surface area contributed by atoms with Crippen LogP contribution in [0.2, 0.25) is 0 Å². The molecule has 0 unspecified atom stereocenters. The molecule has 0 saturated heterocycles. The van der Waals surface area contributed by atoms with Crippen molar-refractivity contribution < 1.29 is 0 Å². The molecule has 0 heteroatoms. The molecule has 0 heterocycles. The number of hydrogen-bond donors (Lipinski definition) is 0. The van der Waals surface area contributed by atoms with Crippen LogP contribution in [0.4, 0.5) is 0 Å². The Morgan fingerprint density at radius 1 is 0.232 bits per heavy atom. The molecule has 0 N–H and O–H groups in total. The molecule has 10 aromatic rings. The quantitative estimate of drug-likeness (QED) is 0.171. The Morgan fingerprint density at radius 2 is 0.482 bits per heavy atom. The predicted octanol–water partition coefficient (Wildman–Crippen LogP) is 15.7. The molecule has 2 aliphatic rings. The first-order valence-corrected chi connectivity index (χ1v) is 19.7. The highest BCUT2D eigenvalue weighted by Crippen LogP contribution is 2.64. The van der Waals surface area contributed by atoms with Gasteiger partial charge in [0, 0.05) is 0 Å². The molecule has 0 aromatic heterocycles. The van der Waals surface area contributed by atoms with E-state index >= 15 is 0 Å². The van der Waals surface area contributed by atoms with Gasteiger partial charge < -0.3 is 0 Å². The Bertz CT molecular complexity index is 3050. The summed E-state index contributed by atoms with van der Waals surface area (Å²) in [5.74, 6) is 0. The second-order valence-electron chi connectivity index (χ2n) is 15.6. The van der Waals surface area contributed by atoms with Gasteiger partial charge in [-0.25, -0.2) is 0 Å². The zero-order valence-electron chi connectivity index (χ0n) is 31.3. The second kappa shape index (κ2) is 11.7. The lowest BCUT2D eigenvalue weighted by Gasteiger charge is -2.22. The summed E-state index contributed by atoms with van der Waals surface area (Å²) >= 11 is 0. The van der Waals surface area contributed by atoms with Crippen LogP contribution in [0.25, 0.3) is 121 Å². The Morgan fingerprint density at radius 3 is 0.768 bits per heavy atom. The van der Waals surface area contributed by atoms with Crippen LogP contribution in [0.5, 0.6) is 0 Å². The van der Waals surface area contributed by atoms with Crippen LogP contribution >= 0.6 is 0 Å². The zero-order chi connectivity index (χ0) is 37.1. The first-order chi connectivity index (χ1) is 27.7. The standard InChI is InChI=1S/C56H36/c1-33-31-45-46(32-34(33)2)50(38-23-13-6-14-24-38)56-44-30-28-42-51-41(27-29-43(52(44)51)55(56)49(45)37-21-11-5-12-22-37)53-47(35-17-7-3-8-18-35)39-25-15-16-26-40(39)48(54(42)53)36-19-9-4-10-20-36/h3-32H,1-2H3. The predicted molar refractivity (Wildman–Crippen MR) is 239 cm³/mol. The van der Waals surface area contributed by atoms with E-state index in [4.69, 9.17) is 0 Å². The van der Waals surface area contributed by atoms with E-state index in [0.29, 0.717) is 0 Å². The summed E-state index contributed by atoms with van der Waals surface area (Å²) < 4.78 is 0. The van der Waals surface area contributed by atoms with E-state index in [1.54, 1.807) is 0 Å². The lowest BCUT2D eigenvalue weighted by Crippen LogP contribution is -1.95. The van der Waals surface area contributed by atoms with Crippen molar-refractivity contribution in [3.05, 3.63) is 193 Å². The summed E-state index contributed by atoms with van der Waals surface area (Å²) in [6.45, 7) is 4.51. The molecular weight excluding hydrogens is 673 g/mol. The van der Waals surface area contributed by atoms with Crippen LogP contribution in [0, 0.1) is 13.8 Å². The monoisotopic (exact) mass is 708 g/mol. The normalized spacial score (nSPS) is 12.1. The fraction of sp³-hybridized carbons (Fsp3) is 0.0357. The van der Waals surface area contributed by atoms with Gasteiger partial charge in [-0.05, 0) is 146 Å². The van der Waals surface area contributed by atoms with E-state index in [2.05, 4.69) is 196 Å². The maximum absolute atomic E-state index is 2.45. The molecule has 12 rings (SSSR count). The number of rotatable bonds is 4. The van der Waals surface area contributed by atoms with E-state index in [0.717, 1.165) is 0 Å². The van der Waals surface area contributed by atoms with Crippen LogP contribution in [0.15, 0.2) is 182 Å². The van der Waals surface area contributed by atoms with Crippen molar-refractivity contribution in [2.45, 2.75) is 13.8 Å². The molecule has 2 aliphatic carbocycles. The topological polar surface area (TPSA) is 0 Å². The second-order valence-corrected chi connectivity index (χ2v) is 15.6. The Hall–Kier alpha value is -7.02. The summed E-state index contributed by atoms with van der Waals surface area (Å²) in [5, 5.41) is 7.93. The lowest BCUT2D eigenvalue weighted by molar-refractivity contribution is 1.37. The summed E-state index contributed by atoms with van der Waals surface area (Å²) in [5.41, 5.74) is 23.6. The van der Waals surface area contributed by atoms with Crippen molar-refractivity contribution in [3.63, 3.8) is 0 Å². The molecule has 10 aromatic carbocycles. The van der Waals surface area contributed by atoms with Crippen molar-refractivity contribution in [2.24, 2.45) is 0 Å². The molecule has 0 fully saturated rings. The Labute approximate surface area is 327 Å². The highest BCUT2D eigenvalue weighted by atomic mass is 14.4. The minimum absolute atomic E-state index is 1.25. The van der Waals surface area contributed by atoms with E-state index < -0.39 is 0 Å². The van der Waals surface area contributed by atoms with Crippen LogP contribution in [-0.2, 0) is 0 Å². The van der Waals surface area contributed by atoms with Gasteiger partial charge in [0.1, 0.15) is 0 Å². The molecule has 0 saturated carbocycles. The van der Waals surface area contributed by atoms with Gasteiger partial charge in [-0.15, -0.1) is 0 Å². The third-order valence-corrected chi connectivity index (χ3v) is 12.6. The van der Waals surface area contributed by atoms with Crippen LogP contribution < -0.4 is 0 Å². The van der Waals surface area contributed by atoms with Gasteiger partial charge in [0.05, 0.1) is 0 Å². The molecular formula is C56H36. The maximum atomic E-state index is 2.45. The molecule has 0 atom stereocenters. The minimum atomic E-state index is 1.25. The highest BCUT2D eigenvalue weighted by molar-refractivity contribution is 6.35. The van der Waals surface area contributed by atoms with Crippen molar-refractivity contribution in [1.29, 1.82) is 0 Å². The third-order valence-electron chi connectivity index (χ3n) is 12.6. The molecule has 0 nitrogen and oxygen atoms in total. The summed E-state index contributed by atoms with van der Waals surface area (Å²) in [7, 11) is 0.